The number of hydrogen-bond donors (Lipinski definition) is 2. The van der Waals surface area contributed by atoms with Crippen LogP contribution < -0.4 is 15.8 Å². The zero-order valence-electron chi connectivity index (χ0n) is 24.0. The molecule has 5 rings (SSSR count). The van der Waals surface area contributed by atoms with Crippen LogP contribution in [0.25, 0.3) is 10.8 Å². The maximum atomic E-state index is 14.0. The maximum Gasteiger partial charge on any atom is 0.416 e. The van der Waals surface area contributed by atoms with Crippen LogP contribution in [0.15, 0.2) is 54.9 Å². The average Bonchev–Trinajstić information content (AvgIpc) is 2.98. The number of nitrogens with one attached hydrogen (secondary N) is 1. The summed E-state index contributed by atoms with van der Waals surface area (Å²) in [5.74, 6) is 6.53. The summed E-state index contributed by atoms with van der Waals surface area (Å²) >= 11 is 0. The number of rotatable bonds is 5. The Hall–Kier alpha value is -4.66. The van der Waals surface area contributed by atoms with Gasteiger partial charge < -0.3 is 20.7 Å². The average molecular weight is 589 g/mol. The molecule has 1 aliphatic heterocycles. The number of fused-ring (bicyclic) bond motifs is 1. The van der Waals surface area contributed by atoms with Crippen molar-refractivity contribution in [1.82, 2.24) is 19.8 Å². The van der Waals surface area contributed by atoms with Crippen molar-refractivity contribution in [2.45, 2.75) is 19.6 Å². The largest absolute Gasteiger partial charge is 0.497 e. The van der Waals surface area contributed by atoms with Crippen LogP contribution in [0, 0.1) is 18.8 Å². The summed E-state index contributed by atoms with van der Waals surface area (Å²) in [5.41, 5.74) is 7.32. The Balaban J connectivity index is 1.38. The number of pyridine rings is 2. The summed E-state index contributed by atoms with van der Waals surface area (Å²) in [7, 11) is 3.56. The Morgan fingerprint density at radius 3 is 2.47 bits per heavy atom. The second kappa shape index (κ2) is 12.3. The number of piperazine rings is 1. The minimum Gasteiger partial charge on any atom is -0.497 e. The quantitative estimate of drug-likeness (QED) is 0.319. The highest BCUT2D eigenvalue weighted by atomic mass is 19.4. The fourth-order valence-corrected chi connectivity index (χ4v) is 4.89. The monoisotopic (exact) mass is 588 g/mol. The number of nitrogens with zero attached hydrogens (tertiary/aromatic N) is 4. The van der Waals surface area contributed by atoms with E-state index in [0.717, 1.165) is 29.9 Å². The van der Waals surface area contributed by atoms with Gasteiger partial charge in [0.15, 0.2) is 0 Å². The summed E-state index contributed by atoms with van der Waals surface area (Å²) < 4.78 is 47.3. The lowest BCUT2D eigenvalue weighted by atomic mass is 10.0. The third-order valence-electron chi connectivity index (χ3n) is 7.47. The number of likely N-dealkylation sites (N-methyl/N-ethyl adjacent to an activating group) is 1. The van der Waals surface area contributed by atoms with E-state index in [0.29, 0.717) is 41.5 Å². The highest BCUT2D eigenvalue weighted by molar-refractivity contribution is 6.04. The molecule has 2 aromatic heterocycles. The summed E-state index contributed by atoms with van der Waals surface area (Å²) in [4.78, 5) is 25.8. The van der Waals surface area contributed by atoms with Crippen LogP contribution in [-0.4, -0.2) is 66.0 Å². The van der Waals surface area contributed by atoms with E-state index in [4.69, 9.17) is 10.5 Å². The number of carbonyl (C=O) groups is 1. The zero-order valence-corrected chi connectivity index (χ0v) is 24.0. The maximum absolute atomic E-state index is 14.0. The third kappa shape index (κ3) is 6.88. The Morgan fingerprint density at radius 2 is 1.74 bits per heavy atom. The molecular weight excluding hydrogens is 557 g/mol. The Labute approximate surface area is 247 Å². The lowest BCUT2D eigenvalue weighted by Crippen LogP contribution is -2.44. The molecular formula is C32H31F3N6O2. The minimum atomic E-state index is -4.57. The molecule has 1 fully saturated rings. The molecule has 0 saturated carbocycles. The lowest BCUT2D eigenvalue weighted by Gasteiger charge is -2.33. The molecule has 0 bridgehead atoms. The Bertz CT molecular complexity index is 1740. The number of alkyl halides is 3. The van der Waals surface area contributed by atoms with Crippen molar-refractivity contribution in [3.05, 3.63) is 88.4 Å². The van der Waals surface area contributed by atoms with Crippen molar-refractivity contribution in [3.63, 3.8) is 0 Å². The number of hydrogen-bond acceptors (Lipinski definition) is 7. The lowest BCUT2D eigenvalue weighted by molar-refractivity contribution is -0.138. The van der Waals surface area contributed by atoms with Gasteiger partial charge in [0.1, 0.15) is 11.6 Å². The van der Waals surface area contributed by atoms with Crippen LogP contribution in [0.3, 0.4) is 0 Å². The predicted octanol–water partition coefficient (Wildman–Crippen LogP) is 4.95. The zero-order chi connectivity index (χ0) is 30.7. The SMILES string of the molecule is COc1ccc2c(N)ncc(C#Cc3cc(C(=O)Nc4ccc(CN5CCN(C)CC5)c(C(F)(F)F)c4)cnc3C)c2c1. The second-order valence-electron chi connectivity index (χ2n) is 10.5. The Morgan fingerprint density at radius 1 is 1.00 bits per heavy atom. The molecule has 0 radical (unpaired) electrons. The van der Waals surface area contributed by atoms with E-state index in [1.54, 1.807) is 32.4 Å². The van der Waals surface area contributed by atoms with Crippen molar-refractivity contribution in [2.24, 2.45) is 0 Å². The summed E-state index contributed by atoms with van der Waals surface area (Å²) in [6.07, 6.45) is -1.63. The van der Waals surface area contributed by atoms with Gasteiger partial charge in [0.25, 0.3) is 5.91 Å². The first-order valence-corrected chi connectivity index (χ1v) is 13.6. The van der Waals surface area contributed by atoms with Crippen molar-refractivity contribution >= 4 is 28.2 Å². The molecule has 0 unspecified atom stereocenters. The molecule has 2 aromatic carbocycles. The number of benzene rings is 2. The molecule has 8 nitrogen and oxygen atoms in total. The van der Waals surface area contributed by atoms with E-state index in [9.17, 15) is 18.0 Å². The van der Waals surface area contributed by atoms with E-state index >= 15 is 0 Å². The molecule has 4 aromatic rings. The molecule has 11 heteroatoms. The molecule has 1 aliphatic rings. The number of aromatic nitrogens is 2. The molecule has 3 heterocycles. The molecule has 0 spiro atoms. The number of nitrogen functional groups attached to an aromatic ring is 1. The van der Waals surface area contributed by atoms with Gasteiger partial charge in [-0.25, -0.2) is 4.98 Å². The highest BCUT2D eigenvalue weighted by Crippen LogP contribution is 2.35. The first-order valence-electron chi connectivity index (χ1n) is 13.6. The minimum absolute atomic E-state index is 0.0426. The number of aryl methyl sites for hydroxylation is 1. The summed E-state index contributed by atoms with van der Waals surface area (Å²) in [5, 5.41) is 4.07. The van der Waals surface area contributed by atoms with Crippen molar-refractivity contribution < 1.29 is 22.7 Å². The van der Waals surface area contributed by atoms with E-state index in [1.165, 1.54) is 18.3 Å². The number of anilines is 2. The van der Waals surface area contributed by atoms with Crippen molar-refractivity contribution in [3.8, 4) is 17.6 Å². The normalized spacial score (nSPS) is 14.3. The van der Waals surface area contributed by atoms with E-state index in [1.807, 2.05) is 24.1 Å². The van der Waals surface area contributed by atoms with Crippen LogP contribution in [0.2, 0.25) is 0 Å². The predicted molar refractivity (Wildman–Crippen MR) is 160 cm³/mol. The molecule has 0 atom stereocenters. The summed E-state index contributed by atoms with van der Waals surface area (Å²) in [6, 6.07) is 10.9. The Kier molecular flexibility index (Phi) is 8.52. The summed E-state index contributed by atoms with van der Waals surface area (Å²) in [6.45, 7) is 4.92. The van der Waals surface area contributed by atoms with Crippen molar-refractivity contribution in [2.75, 3.05) is 51.4 Å². The fourth-order valence-electron chi connectivity index (χ4n) is 4.89. The number of nitrogens with two attached hydrogens (primary N) is 1. The van der Waals surface area contributed by atoms with Crippen LogP contribution in [0.4, 0.5) is 24.7 Å². The molecule has 1 saturated heterocycles. The first kappa shape index (κ1) is 29.8. The molecule has 3 N–H and O–H groups in total. The van der Waals surface area contributed by atoms with Crippen LogP contribution in [0.5, 0.6) is 5.75 Å². The van der Waals surface area contributed by atoms with E-state index in [-0.39, 0.29) is 23.4 Å². The van der Waals surface area contributed by atoms with Gasteiger partial charge in [0.2, 0.25) is 0 Å². The molecule has 222 valence electrons. The number of halogens is 3. The number of methoxy groups -OCH3 is 1. The molecule has 43 heavy (non-hydrogen) atoms. The van der Waals surface area contributed by atoms with Crippen LogP contribution >= 0.6 is 0 Å². The van der Waals surface area contributed by atoms with Gasteiger partial charge in [-0.2, -0.15) is 13.2 Å². The third-order valence-corrected chi connectivity index (χ3v) is 7.47. The van der Waals surface area contributed by atoms with E-state index < -0.39 is 17.6 Å². The number of carbonyl (C=O) groups excluding carboxylic acids is 1. The van der Waals surface area contributed by atoms with Gasteiger partial charge in [0, 0.05) is 67.1 Å². The highest BCUT2D eigenvalue weighted by Gasteiger charge is 2.34. The van der Waals surface area contributed by atoms with Crippen molar-refractivity contribution in [1.29, 1.82) is 0 Å². The first-order chi connectivity index (χ1) is 20.5. The van der Waals surface area contributed by atoms with Gasteiger partial charge in [0.05, 0.1) is 29.5 Å². The van der Waals surface area contributed by atoms with Gasteiger partial charge in [-0.3, -0.25) is 14.7 Å². The number of ether oxygens (including phenoxy) is 1. The van der Waals surface area contributed by atoms with Gasteiger partial charge in [-0.15, -0.1) is 0 Å². The van der Waals surface area contributed by atoms with Crippen LogP contribution in [-0.2, 0) is 12.7 Å². The van der Waals surface area contributed by atoms with Crippen LogP contribution in [0.1, 0.15) is 38.3 Å². The topological polar surface area (TPSA) is 96.6 Å². The molecule has 0 aliphatic carbocycles. The number of amides is 1. The second-order valence-corrected chi connectivity index (χ2v) is 10.5. The molecule has 1 amide bonds. The van der Waals surface area contributed by atoms with Gasteiger partial charge >= 0.3 is 6.18 Å². The van der Waals surface area contributed by atoms with Gasteiger partial charge in [-0.1, -0.05) is 17.9 Å². The van der Waals surface area contributed by atoms with E-state index in [2.05, 4.69) is 32.0 Å². The smallest absolute Gasteiger partial charge is 0.416 e. The fraction of sp³-hybridized carbons (Fsp3) is 0.281. The standard InChI is InChI=1S/C32H31F3N6O2/c1-20-21(4-5-22-17-38-30(36)27-9-8-26(43-3)16-28(22)27)14-24(18-37-20)31(42)39-25-7-6-23(29(15-25)32(33,34)35)19-41-12-10-40(2)11-13-41/h6-9,14-18H,10-13,19H2,1-3H3,(H2,36,38)(H,39,42). The van der Waals surface area contributed by atoms with Gasteiger partial charge in [-0.05, 0) is 55.9 Å².